The summed E-state index contributed by atoms with van der Waals surface area (Å²) in [5.74, 6) is -0.863. The summed E-state index contributed by atoms with van der Waals surface area (Å²) in [5.41, 5.74) is -0.166. The van der Waals surface area contributed by atoms with E-state index >= 15 is 0 Å². The van der Waals surface area contributed by atoms with Crippen LogP contribution in [0.5, 0.6) is 0 Å². The minimum Gasteiger partial charge on any atom is -0.458 e. The van der Waals surface area contributed by atoms with Gasteiger partial charge in [-0.2, -0.15) is 5.10 Å². The molecule has 0 bridgehead atoms. The van der Waals surface area contributed by atoms with Crippen LogP contribution in [0, 0.1) is 6.92 Å². The first-order valence-electron chi connectivity index (χ1n) is 5.12. The molecule has 0 unspecified atom stereocenters. The predicted octanol–water partition coefficient (Wildman–Crippen LogP) is 0.839. The molecule has 1 aromatic rings. The highest BCUT2D eigenvalue weighted by Gasteiger charge is 2.27. The van der Waals surface area contributed by atoms with Crippen molar-refractivity contribution < 1.29 is 22.7 Å². The van der Waals surface area contributed by atoms with Gasteiger partial charge >= 0.3 is 5.97 Å². The van der Waals surface area contributed by atoms with Crippen LogP contribution in [0.15, 0.2) is 4.90 Å². The van der Waals surface area contributed by atoms with E-state index in [2.05, 4.69) is 10.2 Å². The smallest absolute Gasteiger partial charge is 0.360 e. The van der Waals surface area contributed by atoms with Crippen LogP contribution in [-0.4, -0.2) is 44.4 Å². The largest absolute Gasteiger partial charge is 0.458 e. The van der Waals surface area contributed by atoms with Crippen molar-refractivity contribution in [3.63, 3.8) is 0 Å². The van der Waals surface area contributed by atoms with Gasteiger partial charge in [0.1, 0.15) is 11.5 Å². The summed E-state index contributed by atoms with van der Waals surface area (Å²) < 4.78 is 32.4. The zero-order valence-electron chi connectivity index (χ0n) is 9.90. The number of nitrogens with zero attached hydrogens (tertiary/aromatic N) is 1. The highest BCUT2D eigenvalue weighted by atomic mass is 35.7. The minimum absolute atomic E-state index is 0.0142. The van der Waals surface area contributed by atoms with E-state index in [1.807, 2.05) is 0 Å². The minimum atomic E-state index is -4.05. The third-order valence-electron chi connectivity index (χ3n) is 1.99. The number of halogens is 1. The fourth-order valence-electron chi connectivity index (χ4n) is 1.26. The monoisotopic (exact) mass is 296 g/mol. The Balaban J connectivity index is 2.81. The molecule has 0 spiro atoms. The molecule has 1 N–H and O–H groups in total. The Hall–Kier alpha value is -1.12. The van der Waals surface area contributed by atoms with E-state index in [1.54, 1.807) is 6.92 Å². The molecular formula is C9H13ClN2O5S. The first kappa shape index (κ1) is 14.9. The summed E-state index contributed by atoms with van der Waals surface area (Å²) >= 11 is 0. The number of carbonyl (C=O) groups excluding carboxylic acids is 1. The van der Waals surface area contributed by atoms with Gasteiger partial charge in [-0.25, -0.2) is 13.2 Å². The molecule has 0 saturated heterocycles. The molecule has 0 fully saturated rings. The fraction of sp³-hybridized carbons (Fsp3) is 0.556. The van der Waals surface area contributed by atoms with Gasteiger partial charge in [-0.15, -0.1) is 0 Å². The second-order valence-electron chi connectivity index (χ2n) is 3.30. The molecule has 0 radical (unpaired) electrons. The number of esters is 1. The number of aromatic nitrogens is 2. The summed E-state index contributed by atoms with van der Waals surface area (Å²) in [6.45, 7) is 3.99. The van der Waals surface area contributed by atoms with Crippen LogP contribution in [0.4, 0.5) is 0 Å². The first-order valence-corrected chi connectivity index (χ1v) is 7.43. The number of nitrogens with one attached hydrogen (secondary N) is 1. The van der Waals surface area contributed by atoms with Crippen molar-refractivity contribution in [2.45, 2.75) is 18.7 Å². The molecule has 18 heavy (non-hydrogen) atoms. The quantitative estimate of drug-likeness (QED) is 0.474. The van der Waals surface area contributed by atoms with Crippen molar-refractivity contribution in [1.82, 2.24) is 10.2 Å². The molecule has 1 aromatic heterocycles. The summed E-state index contributed by atoms with van der Waals surface area (Å²) in [7, 11) is 1.16. The topological polar surface area (TPSA) is 98.3 Å². The normalized spacial score (nSPS) is 11.5. The molecule has 1 heterocycles. The molecule has 0 aliphatic carbocycles. The summed E-state index contributed by atoms with van der Waals surface area (Å²) in [5, 5.41) is 5.96. The van der Waals surface area contributed by atoms with Crippen molar-refractivity contribution in [1.29, 1.82) is 0 Å². The van der Waals surface area contributed by atoms with Gasteiger partial charge in [0.15, 0.2) is 5.69 Å². The average Bonchev–Trinajstić information content (AvgIpc) is 2.66. The Bertz CT molecular complexity index is 525. The zero-order valence-corrected chi connectivity index (χ0v) is 11.5. The molecule has 7 nitrogen and oxygen atoms in total. The lowest BCUT2D eigenvalue weighted by Crippen LogP contribution is -2.13. The lowest BCUT2D eigenvalue weighted by atomic mass is 10.4. The van der Waals surface area contributed by atoms with Crippen LogP contribution >= 0.6 is 10.7 Å². The van der Waals surface area contributed by atoms with E-state index in [1.165, 1.54) is 6.92 Å². The van der Waals surface area contributed by atoms with E-state index in [-0.39, 0.29) is 29.5 Å². The molecule has 0 atom stereocenters. The van der Waals surface area contributed by atoms with Crippen LogP contribution in [0.2, 0.25) is 0 Å². The maximum Gasteiger partial charge on any atom is 0.360 e. The van der Waals surface area contributed by atoms with E-state index in [0.29, 0.717) is 6.61 Å². The van der Waals surface area contributed by atoms with E-state index in [0.717, 1.165) is 0 Å². The molecule has 1 rings (SSSR count). The van der Waals surface area contributed by atoms with Crippen molar-refractivity contribution in [3.05, 3.63) is 11.4 Å². The summed E-state index contributed by atoms with van der Waals surface area (Å²) in [6, 6.07) is 0. The lowest BCUT2D eigenvalue weighted by Gasteiger charge is -2.03. The standard InChI is InChI=1S/C9H13ClN2O5S/c1-3-16-4-5-17-9(13)7-8(18(10,14)15)6(2)11-12-7/h3-5H2,1-2H3,(H,11,12). The Morgan fingerprint density at radius 3 is 2.67 bits per heavy atom. The predicted molar refractivity (Wildman–Crippen MR) is 63.1 cm³/mol. The van der Waals surface area contributed by atoms with Crippen molar-refractivity contribution >= 4 is 25.7 Å². The van der Waals surface area contributed by atoms with E-state index in [9.17, 15) is 13.2 Å². The molecule has 9 heteroatoms. The molecule has 0 amide bonds. The Labute approximate surface area is 109 Å². The molecular weight excluding hydrogens is 284 g/mol. The Kier molecular flexibility index (Phi) is 5.12. The number of hydrogen-bond donors (Lipinski definition) is 1. The van der Waals surface area contributed by atoms with Crippen LogP contribution in [0.3, 0.4) is 0 Å². The van der Waals surface area contributed by atoms with E-state index < -0.39 is 15.0 Å². The maximum absolute atomic E-state index is 11.6. The van der Waals surface area contributed by atoms with Crippen molar-refractivity contribution in [3.8, 4) is 0 Å². The third kappa shape index (κ3) is 3.69. The number of rotatable bonds is 6. The van der Waals surface area contributed by atoms with Crippen LogP contribution in [0.25, 0.3) is 0 Å². The SMILES string of the molecule is CCOCCOC(=O)c1n[nH]c(C)c1S(=O)(=O)Cl. The van der Waals surface area contributed by atoms with Gasteiger partial charge in [-0.1, -0.05) is 0 Å². The number of hydrogen-bond acceptors (Lipinski definition) is 6. The third-order valence-corrected chi connectivity index (χ3v) is 3.44. The molecule has 0 aliphatic heterocycles. The summed E-state index contributed by atoms with van der Waals surface area (Å²) in [6.07, 6.45) is 0. The Morgan fingerprint density at radius 2 is 2.11 bits per heavy atom. The number of H-pyrrole nitrogens is 1. The van der Waals surface area contributed by atoms with Crippen LogP contribution in [-0.2, 0) is 18.5 Å². The van der Waals surface area contributed by atoms with Gasteiger partial charge in [-0.05, 0) is 13.8 Å². The lowest BCUT2D eigenvalue weighted by molar-refractivity contribution is 0.0325. The average molecular weight is 297 g/mol. The summed E-state index contributed by atoms with van der Waals surface area (Å²) in [4.78, 5) is 11.2. The number of aryl methyl sites for hydroxylation is 1. The van der Waals surface area contributed by atoms with Crippen LogP contribution in [0.1, 0.15) is 23.1 Å². The fourth-order valence-corrected chi connectivity index (χ4v) is 2.60. The first-order chi connectivity index (χ1) is 8.38. The molecule has 0 saturated carbocycles. The van der Waals surface area contributed by atoms with Gasteiger partial charge < -0.3 is 9.47 Å². The Morgan fingerprint density at radius 1 is 1.44 bits per heavy atom. The van der Waals surface area contributed by atoms with Gasteiger partial charge in [0.25, 0.3) is 9.05 Å². The van der Waals surface area contributed by atoms with Crippen molar-refractivity contribution in [2.24, 2.45) is 0 Å². The number of aromatic amines is 1. The van der Waals surface area contributed by atoms with E-state index in [4.69, 9.17) is 20.2 Å². The van der Waals surface area contributed by atoms with Gasteiger partial charge in [-0.3, -0.25) is 5.10 Å². The second-order valence-corrected chi connectivity index (χ2v) is 5.80. The highest BCUT2D eigenvalue weighted by Crippen LogP contribution is 2.22. The van der Waals surface area contributed by atoms with Crippen LogP contribution < -0.4 is 0 Å². The molecule has 0 aliphatic rings. The molecule has 0 aromatic carbocycles. The highest BCUT2D eigenvalue weighted by molar-refractivity contribution is 8.13. The second kappa shape index (κ2) is 6.17. The molecule has 102 valence electrons. The maximum atomic E-state index is 11.6. The number of ether oxygens (including phenoxy) is 2. The van der Waals surface area contributed by atoms with Gasteiger partial charge in [0.2, 0.25) is 0 Å². The van der Waals surface area contributed by atoms with Gasteiger partial charge in [0, 0.05) is 17.3 Å². The van der Waals surface area contributed by atoms with Gasteiger partial charge in [0.05, 0.1) is 12.3 Å². The van der Waals surface area contributed by atoms with Crippen molar-refractivity contribution in [2.75, 3.05) is 19.8 Å². The number of carbonyl (C=O) groups is 1. The zero-order chi connectivity index (χ0) is 13.8.